The molecule has 2 amide bonds. The van der Waals surface area contributed by atoms with Gasteiger partial charge in [-0.3, -0.25) is 9.59 Å². The zero-order valence-corrected chi connectivity index (χ0v) is 10.0. The zero-order valence-electron chi connectivity index (χ0n) is 8.46. The Morgan fingerprint density at radius 2 is 2.12 bits per heavy atom. The first-order valence-corrected chi connectivity index (χ1v) is 5.37. The summed E-state index contributed by atoms with van der Waals surface area (Å²) >= 11 is 3.08. The predicted octanol–water partition coefficient (Wildman–Crippen LogP) is 1.65. The van der Waals surface area contributed by atoms with E-state index in [4.69, 9.17) is 5.73 Å². The van der Waals surface area contributed by atoms with E-state index in [0.717, 1.165) is 6.07 Å². The fraction of sp³-hybridized carbons (Fsp3) is 0.200. The Hall–Kier alpha value is -1.43. The minimum Gasteiger partial charge on any atom is -0.366 e. The van der Waals surface area contributed by atoms with Gasteiger partial charge in [-0.2, -0.15) is 0 Å². The van der Waals surface area contributed by atoms with E-state index in [1.807, 2.05) is 0 Å². The molecule has 0 fully saturated rings. The normalized spacial score (nSPS) is 11.9. The predicted molar refractivity (Wildman–Crippen MR) is 61.9 cm³/mol. The number of halogens is 2. The van der Waals surface area contributed by atoms with Crippen molar-refractivity contribution in [1.29, 1.82) is 0 Å². The van der Waals surface area contributed by atoms with E-state index in [1.165, 1.54) is 12.1 Å². The van der Waals surface area contributed by atoms with Crippen LogP contribution in [0.25, 0.3) is 0 Å². The van der Waals surface area contributed by atoms with Crippen LogP contribution in [0, 0.1) is 5.82 Å². The molecule has 86 valence electrons. The summed E-state index contributed by atoms with van der Waals surface area (Å²) < 4.78 is 13.1. The smallest absolute Gasteiger partial charge is 0.251 e. The molecule has 3 N–H and O–H groups in total. The zero-order chi connectivity index (χ0) is 12.3. The summed E-state index contributed by atoms with van der Waals surface area (Å²) in [5.74, 6) is -1.88. The molecule has 4 nitrogen and oxygen atoms in total. The minimum absolute atomic E-state index is 0.250. The van der Waals surface area contributed by atoms with Crippen LogP contribution in [0.4, 0.5) is 10.1 Å². The number of rotatable bonds is 3. The van der Waals surface area contributed by atoms with E-state index in [1.54, 1.807) is 6.92 Å². The molecule has 0 aromatic heterocycles. The van der Waals surface area contributed by atoms with Gasteiger partial charge in [0.1, 0.15) is 5.82 Å². The first-order chi connectivity index (χ1) is 7.41. The standard InChI is InChI=1S/C10H10BrFN2O2/c1-5(11)10(16)14-6-2-3-8(12)7(4-6)9(13)15/h2-5H,1H3,(H2,13,15)(H,14,16). The van der Waals surface area contributed by atoms with Gasteiger partial charge in [-0.15, -0.1) is 0 Å². The highest BCUT2D eigenvalue weighted by molar-refractivity contribution is 9.10. The second-order valence-corrected chi connectivity index (χ2v) is 4.54. The lowest BCUT2D eigenvalue weighted by Crippen LogP contribution is -2.20. The summed E-state index contributed by atoms with van der Waals surface area (Å²) in [6.07, 6.45) is 0. The molecule has 0 heterocycles. The van der Waals surface area contributed by atoms with Crippen molar-refractivity contribution in [2.75, 3.05) is 5.32 Å². The van der Waals surface area contributed by atoms with Gasteiger partial charge >= 0.3 is 0 Å². The molecule has 0 radical (unpaired) electrons. The lowest BCUT2D eigenvalue weighted by molar-refractivity contribution is -0.115. The van der Waals surface area contributed by atoms with Gasteiger partial charge in [-0.05, 0) is 25.1 Å². The van der Waals surface area contributed by atoms with Crippen molar-refractivity contribution in [2.45, 2.75) is 11.8 Å². The lowest BCUT2D eigenvalue weighted by Gasteiger charge is -2.07. The number of benzene rings is 1. The second kappa shape index (κ2) is 5.07. The van der Waals surface area contributed by atoms with Crippen LogP contribution in [0.1, 0.15) is 17.3 Å². The van der Waals surface area contributed by atoms with E-state index in [2.05, 4.69) is 21.2 Å². The summed E-state index contributed by atoms with van der Waals surface area (Å²) in [6.45, 7) is 1.65. The highest BCUT2D eigenvalue weighted by atomic mass is 79.9. The largest absolute Gasteiger partial charge is 0.366 e. The van der Waals surface area contributed by atoms with Gasteiger partial charge in [0.05, 0.1) is 10.4 Å². The van der Waals surface area contributed by atoms with E-state index in [-0.39, 0.29) is 16.3 Å². The lowest BCUT2D eigenvalue weighted by atomic mass is 10.1. The van der Waals surface area contributed by atoms with Crippen LogP contribution in [-0.2, 0) is 4.79 Å². The first-order valence-electron chi connectivity index (χ1n) is 4.46. The number of hydrogen-bond donors (Lipinski definition) is 2. The van der Waals surface area contributed by atoms with Gasteiger partial charge in [0.25, 0.3) is 5.91 Å². The van der Waals surface area contributed by atoms with Crippen LogP contribution >= 0.6 is 15.9 Å². The van der Waals surface area contributed by atoms with Gasteiger partial charge < -0.3 is 11.1 Å². The van der Waals surface area contributed by atoms with Crippen molar-refractivity contribution in [2.24, 2.45) is 5.73 Å². The molecule has 0 spiro atoms. The third kappa shape index (κ3) is 3.03. The third-order valence-electron chi connectivity index (χ3n) is 1.86. The van der Waals surface area contributed by atoms with Gasteiger partial charge in [0.15, 0.2) is 0 Å². The Morgan fingerprint density at radius 1 is 1.50 bits per heavy atom. The molecule has 1 unspecified atom stereocenters. The highest BCUT2D eigenvalue weighted by Gasteiger charge is 2.12. The topological polar surface area (TPSA) is 72.2 Å². The molecule has 0 aliphatic rings. The van der Waals surface area contributed by atoms with Crippen LogP contribution in [0.3, 0.4) is 0 Å². The molecule has 0 saturated heterocycles. The van der Waals surface area contributed by atoms with Crippen molar-refractivity contribution in [3.63, 3.8) is 0 Å². The monoisotopic (exact) mass is 288 g/mol. The maximum Gasteiger partial charge on any atom is 0.251 e. The Kier molecular flexibility index (Phi) is 4.00. The Labute approximate surface area is 100 Å². The average molecular weight is 289 g/mol. The van der Waals surface area contributed by atoms with Crippen molar-refractivity contribution in [3.8, 4) is 0 Å². The average Bonchev–Trinajstić information content (AvgIpc) is 2.20. The molecule has 1 atom stereocenters. The van der Waals surface area contributed by atoms with E-state index in [0.29, 0.717) is 5.69 Å². The van der Waals surface area contributed by atoms with Gasteiger partial charge in [-0.25, -0.2) is 4.39 Å². The third-order valence-corrected chi connectivity index (χ3v) is 2.28. The number of nitrogens with one attached hydrogen (secondary N) is 1. The number of primary amides is 1. The van der Waals surface area contributed by atoms with Crippen molar-refractivity contribution >= 4 is 33.4 Å². The number of alkyl halides is 1. The molecular weight excluding hydrogens is 279 g/mol. The highest BCUT2D eigenvalue weighted by Crippen LogP contribution is 2.15. The Morgan fingerprint density at radius 3 is 2.62 bits per heavy atom. The van der Waals surface area contributed by atoms with E-state index < -0.39 is 11.7 Å². The van der Waals surface area contributed by atoms with Crippen LogP contribution in [0.15, 0.2) is 18.2 Å². The summed E-state index contributed by atoms with van der Waals surface area (Å²) in [5, 5.41) is 2.50. The maximum atomic E-state index is 13.1. The summed E-state index contributed by atoms with van der Waals surface area (Å²) in [6, 6.07) is 3.63. The van der Waals surface area contributed by atoms with Crippen LogP contribution in [0.2, 0.25) is 0 Å². The molecule has 0 aliphatic heterocycles. The van der Waals surface area contributed by atoms with E-state index >= 15 is 0 Å². The van der Waals surface area contributed by atoms with Crippen LogP contribution in [-0.4, -0.2) is 16.6 Å². The first kappa shape index (κ1) is 12.6. The summed E-state index contributed by atoms with van der Waals surface area (Å²) in [5.41, 5.74) is 5.05. The molecule has 0 aliphatic carbocycles. The maximum absolute atomic E-state index is 13.1. The minimum atomic E-state index is -0.875. The van der Waals surface area contributed by atoms with Crippen LogP contribution < -0.4 is 11.1 Å². The quantitative estimate of drug-likeness (QED) is 0.830. The molecule has 6 heteroatoms. The SMILES string of the molecule is CC(Br)C(=O)Nc1ccc(F)c(C(N)=O)c1. The van der Waals surface area contributed by atoms with Gasteiger partial charge in [0.2, 0.25) is 5.91 Å². The number of amides is 2. The van der Waals surface area contributed by atoms with Crippen LogP contribution in [0.5, 0.6) is 0 Å². The summed E-state index contributed by atoms with van der Waals surface area (Å²) in [7, 11) is 0. The van der Waals surface area contributed by atoms with Gasteiger partial charge in [0, 0.05) is 5.69 Å². The number of nitrogens with two attached hydrogens (primary N) is 1. The molecule has 1 aromatic carbocycles. The Bertz CT molecular complexity index is 435. The number of carbonyl (C=O) groups excluding carboxylic acids is 2. The molecule has 0 bridgehead atoms. The number of anilines is 1. The molecule has 0 saturated carbocycles. The molecular formula is C10H10BrFN2O2. The van der Waals surface area contributed by atoms with Crippen molar-refractivity contribution in [3.05, 3.63) is 29.6 Å². The van der Waals surface area contributed by atoms with Crippen molar-refractivity contribution in [1.82, 2.24) is 0 Å². The number of carbonyl (C=O) groups is 2. The summed E-state index contributed by atoms with van der Waals surface area (Å²) in [4.78, 5) is 21.8. The molecule has 16 heavy (non-hydrogen) atoms. The Balaban J connectivity index is 2.95. The fourth-order valence-corrected chi connectivity index (χ4v) is 1.15. The molecule has 1 rings (SSSR count). The fourth-order valence-electron chi connectivity index (χ4n) is 1.03. The van der Waals surface area contributed by atoms with Crippen molar-refractivity contribution < 1.29 is 14.0 Å². The second-order valence-electron chi connectivity index (χ2n) is 3.16. The number of hydrogen-bond acceptors (Lipinski definition) is 2. The van der Waals surface area contributed by atoms with E-state index in [9.17, 15) is 14.0 Å². The van der Waals surface area contributed by atoms with Gasteiger partial charge in [-0.1, -0.05) is 15.9 Å². The molecule has 1 aromatic rings.